The number of hydrogen-bond acceptors (Lipinski definition) is 5. The van der Waals surface area contributed by atoms with E-state index >= 15 is 0 Å². The summed E-state index contributed by atoms with van der Waals surface area (Å²) in [5.41, 5.74) is 3.47. The fourth-order valence-electron chi connectivity index (χ4n) is 4.09. The number of piperazine rings is 1. The highest BCUT2D eigenvalue weighted by molar-refractivity contribution is 7.89. The van der Waals surface area contributed by atoms with Crippen molar-refractivity contribution >= 4 is 10.0 Å². The van der Waals surface area contributed by atoms with E-state index in [-0.39, 0.29) is 0 Å². The average molecular weight is 404 g/mol. The molecular formula is C21H29N3O3S. The normalized spacial score (nSPS) is 19.1. The van der Waals surface area contributed by atoms with E-state index in [1.807, 2.05) is 12.1 Å². The molecule has 28 heavy (non-hydrogen) atoms. The first kappa shape index (κ1) is 19.6. The van der Waals surface area contributed by atoms with Crippen molar-refractivity contribution < 1.29 is 12.9 Å². The molecular weight excluding hydrogens is 374 g/mol. The lowest BCUT2D eigenvalue weighted by Gasteiger charge is -2.33. The van der Waals surface area contributed by atoms with Crippen molar-refractivity contribution in [2.45, 2.75) is 56.9 Å². The molecule has 1 aliphatic carbocycles. The molecule has 2 heterocycles. The molecule has 4 rings (SSSR count). The van der Waals surface area contributed by atoms with Crippen molar-refractivity contribution in [1.82, 2.24) is 14.4 Å². The van der Waals surface area contributed by atoms with Crippen molar-refractivity contribution in [2.24, 2.45) is 0 Å². The van der Waals surface area contributed by atoms with Gasteiger partial charge in [-0.05, 0) is 42.9 Å². The molecule has 0 saturated carbocycles. The first-order chi connectivity index (χ1) is 13.4. The molecule has 2 aromatic rings. The summed E-state index contributed by atoms with van der Waals surface area (Å²) in [5, 5.41) is 4.28. The summed E-state index contributed by atoms with van der Waals surface area (Å²) in [4.78, 5) is 2.66. The van der Waals surface area contributed by atoms with Gasteiger partial charge in [0.15, 0.2) is 0 Å². The van der Waals surface area contributed by atoms with Crippen LogP contribution in [-0.4, -0.2) is 49.0 Å². The standard InChI is InChI=1S/C21H29N3O3S/c1-16(2)17-7-9-18(10-8-17)28(25,26)24-13-11-23(12-14-24)15-20-19-5-3-4-6-21(19)27-22-20/h7-10,16H,3-6,11-15H2,1-2H3. The maximum Gasteiger partial charge on any atom is 0.243 e. The highest BCUT2D eigenvalue weighted by Gasteiger charge is 2.29. The van der Waals surface area contributed by atoms with Gasteiger partial charge < -0.3 is 4.52 Å². The summed E-state index contributed by atoms with van der Waals surface area (Å²) in [6, 6.07) is 7.31. The number of benzene rings is 1. The Labute approximate surface area is 167 Å². The lowest BCUT2D eigenvalue weighted by molar-refractivity contribution is 0.177. The Morgan fingerprint density at radius 1 is 1.04 bits per heavy atom. The molecule has 0 bridgehead atoms. The van der Waals surface area contributed by atoms with Gasteiger partial charge in [0.25, 0.3) is 0 Å². The van der Waals surface area contributed by atoms with Crippen molar-refractivity contribution in [1.29, 1.82) is 0 Å². The Morgan fingerprint density at radius 2 is 1.71 bits per heavy atom. The average Bonchev–Trinajstić information content (AvgIpc) is 3.11. The van der Waals surface area contributed by atoms with Gasteiger partial charge in [0.1, 0.15) is 11.5 Å². The van der Waals surface area contributed by atoms with Gasteiger partial charge in [0, 0.05) is 44.7 Å². The van der Waals surface area contributed by atoms with E-state index in [0.717, 1.165) is 36.4 Å². The Kier molecular flexibility index (Phi) is 5.58. The highest BCUT2D eigenvalue weighted by atomic mass is 32.2. The summed E-state index contributed by atoms with van der Waals surface area (Å²) in [5.74, 6) is 1.44. The Morgan fingerprint density at radius 3 is 2.39 bits per heavy atom. The molecule has 152 valence electrons. The van der Waals surface area contributed by atoms with Crippen LogP contribution in [0.5, 0.6) is 0 Å². The topological polar surface area (TPSA) is 66.7 Å². The number of rotatable bonds is 5. The molecule has 1 saturated heterocycles. The number of aromatic nitrogens is 1. The van der Waals surface area contributed by atoms with Crippen LogP contribution in [0.3, 0.4) is 0 Å². The maximum absolute atomic E-state index is 13.0. The Balaban J connectivity index is 1.38. The van der Waals surface area contributed by atoms with Gasteiger partial charge in [-0.1, -0.05) is 31.1 Å². The zero-order valence-corrected chi connectivity index (χ0v) is 17.5. The van der Waals surface area contributed by atoms with E-state index in [9.17, 15) is 8.42 Å². The van der Waals surface area contributed by atoms with Crippen molar-refractivity contribution in [3.8, 4) is 0 Å². The van der Waals surface area contributed by atoms with Crippen molar-refractivity contribution in [2.75, 3.05) is 26.2 Å². The van der Waals surface area contributed by atoms with Crippen molar-refractivity contribution in [3.05, 3.63) is 46.8 Å². The third-order valence-electron chi connectivity index (χ3n) is 5.92. The summed E-state index contributed by atoms with van der Waals surface area (Å²) in [6.45, 7) is 7.40. The molecule has 0 atom stereocenters. The maximum atomic E-state index is 13.0. The smallest absolute Gasteiger partial charge is 0.243 e. The lowest BCUT2D eigenvalue weighted by Crippen LogP contribution is -2.48. The predicted molar refractivity (Wildman–Crippen MR) is 108 cm³/mol. The van der Waals surface area contributed by atoms with Crippen LogP contribution in [-0.2, 0) is 29.4 Å². The molecule has 0 spiro atoms. The molecule has 2 aliphatic rings. The van der Waals surface area contributed by atoms with Crippen LogP contribution in [0.2, 0.25) is 0 Å². The van der Waals surface area contributed by atoms with E-state index in [2.05, 4.69) is 23.9 Å². The molecule has 0 amide bonds. The third-order valence-corrected chi connectivity index (χ3v) is 7.83. The molecule has 1 aromatic heterocycles. The second kappa shape index (κ2) is 7.97. The molecule has 0 unspecified atom stereocenters. The molecule has 1 fully saturated rings. The monoisotopic (exact) mass is 403 g/mol. The van der Waals surface area contributed by atoms with Gasteiger partial charge in [-0.25, -0.2) is 8.42 Å². The first-order valence-corrected chi connectivity index (χ1v) is 11.7. The summed E-state index contributed by atoms with van der Waals surface area (Å²) < 4.78 is 33.0. The third kappa shape index (κ3) is 3.88. The van der Waals surface area contributed by atoms with E-state index in [4.69, 9.17) is 4.52 Å². The first-order valence-electron chi connectivity index (χ1n) is 10.2. The number of aryl methyl sites for hydroxylation is 1. The molecule has 6 nitrogen and oxygen atoms in total. The minimum absolute atomic E-state index is 0.385. The van der Waals surface area contributed by atoms with E-state index in [0.29, 0.717) is 37.0 Å². The van der Waals surface area contributed by atoms with Gasteiger partial charge in [0.2, 0.25) is 10.0 Å². The van der Waals surface area contributed by atoms with Crippen LogP contribution in [0.25, 0.3) is 0 Å². The van der Waals surface area contributed by atoms with Crippen LogP contribution in [0, 0.1) is 0 Å². The number of fused-ring (bicyclic) bond motifs is 1. The van der Waals surface area contributed by atoms with Gasteiger partial charge >= 0.3 is 0 Å². The van der Waals surface area contributed by atoms with Gasteiger partial charge in [-0.2, -0.15) is 4.31 Å². The second-order valence-electron chi connectivity index (χ2n) is 8.14. The lowest BCUT2D eigenvalue weighted by atomic mass is 9.96. The molecule has 0 radical (unpaired) electrons. The van der Waals surface area contributed by atoms with E-state index in [1.54, 1.807) is 16.4 Å². The van der Waals surface area contributed by atoms with Gasteiger partial charge in [-0.3, -0.25) is 4.90 Å². The summed E-state index contributed by atoms with van der Waals surface area (Å²) in [6.07, 6.45) is 4.41. The number of sulfonamides is 1. The highest BCUT2D eigenvalue weighted by Crippen LogP contribution is 2.26. The SMILES string of the molecule is CC(C)c1ccc(S(=O)(=O)N2CCN(Cc3noc4c3CCCC4)CC2)cc1. The van der Waals surface area contributed by atoms with E-state index < -0.39 is 10.0 Å². The van der Waals surface area contributed by atoms with Crippen LogP contribution < -0.4 is 0 Å². The number of nitrogens with zero attached hydrogens (tertiary/aromatic N) is 3. The van der Waals surface area contributed by atoms with Crippen LogP contribution >= 0.6 is 0 Å². The van der Waals surface area contributed by atoms with E-state index in [1.165, 1.54) is 18.4 Å². The molecule has 1 aromatic carbocycles. The second-order valence-corrected chi connectivity index (χ2v) is 10.1. The molecule has 1 aliphatic heterocycles. The minimum Gasteiger partial charge on any atom is -0.361 e. The Bertz CT molecular complexity index is 911. The van der Waals surface area contributed by atoms with Gasteiger partial charge in [0.05, 0.1) is 4.90 Å². The largest absolute Gasteiger partial charge is 0.361 e. The van der Waals surface area contributed by atoms with Crippen LogP contribution in [0.1, 0.15) is 55.2 Å². The zero-order valence-electron chi connectivity index (χ0n) is 16.7. The fourth-order valence-corrected chi connectivity index (χ4v) is 5.51. The van der Waals surface area contributed by atoms with Crippen LogP contribution in [0.4, 0.5) is 0 Å². The minimum atomic E-state index is -3.43. The number of hydrogen-bond donors (Lipinski definition) is 0. The molecule has 7 heteroatoms. The molecule has 0 N–H and O–H groups in total. The van der Waals surface area contributed by atoms with Crippen LogP contribution in [0.15, 0.2) is 33.7 Å². The quantitative estimate of drug-likeness (QED) is 0.767. The summed E-state index contributed by atoms with van der Waals surface area (Å²) in [7, 11) is -3.43. The predicted octanol–water partition coefficient (Wildman–Crippen LogP) is 3.18. The van der Waals surface area contributed by atoms with Crippen molar-refractivity contribution in [3.63, 3.8) is 0 Å². The summed E-state index contributed by atoms with van der Waals surface area (Å²) >= 11 is 0. The zero-order chi connectivity index (χ0) is 19.7. The Hall–Kier alpha value is -1.70. The fraction of sp³-hybridized carbons (Fsp3) is 0.571. The van der Waals surface area contributed by atoms with Gasteiger partial charge in [-0.15, -0.1) is 0 Å².